The number of nitrogen functional groups attached to an aromatic ring is 1. The minimum Gasteiger partial charge on any atom is -0.399 e. The first kappa shape index (κ1) is 21.0. The highest BCUT2D eigenvalue weighted by molar-refractivity contribution is 6.21. The maximum atomic E-state index is 13.6. The molecule has 2 aliphatic heterocycles. The fourth-order valence-electron chi connectivity index (χ4n) is 4.78. The van der Waals surface area contributed by atoms with Crippen molar-refractivity contribution in [3.8, 4) is 0 Å². The van der Waals surface area contributed by atoms with Crippen molar-refractivity contribution in [3.05, 3.63) is 82.3 Å². The van der Waals surface area contributed by atoms with Gasteiger partial charge in [0.2, 0.25) is 6.17 Å². The van der Waals surface area contributed by atoms with E-state index in [1.165, 1.54) is 0 Å². The molecule has 35 heavy (non-hydrogen) atoms. The number of carbonyl (C=O) groups is 2. The zero-order chi connectivity index (χ0) is 24.3. The number of aliphatic imine (C=N–C) groups is 1. The molecule has 4 aromatic rings. The molecule has 10 heteroatoms. The Balaban J connectivity index is 1.45. The Morgan fingerprint density at radius 3 is 2.71 bits per heavy atom. The Hall–Kier alpha value is -4.60. The molecule has 0 unspecified atom stereocenters. The number of amides is 2. The molecule has 2 aliphatic rings. The number of aryl methyl sites for hydroxylation is 2. The third-order valence-corrected chi connectivity index (χ3v) is 6.35. The van der Waals surface area contributed by atoms with Gasteiger partial charge >= 0.3 is 0 Å². The normalized spacial score (nSPS) is 16.7. The van der Waals surface area contributed by atoms with Gasteiger partial charge in [-0.15, -0.1) is 10.2 Å². The van der Waals surface area contributed by atoms with E-state index in [4.69, 9.17) is 10.7 Å². The van der Waals surface area contributed by atoms with E-state index in [2.05, 4.69) is 20.6 Å². The molecule has 10 nitrogen and oxygen atoms in total. The zero-order valence-corrected chi connectivity index (χ0v) is 19.2. The van der Waals surface area contributed by atoms with Crippen molar-refractivity contribution in [3.63, 3.8) is 0 Å². The highest BCUT2D eigenvalue weighted by atomic mass is 16.2. The summed E-state index contributed by atoms with van der Waals surface area (Å²) in [6, 6.07) is 15.1. The van der Waals surface area contributed by atoms with Gasteiger partial charge in [0, 0.05) is 29.4 Å². The average molecular weight is 467 g/mol. The molecule has 0 spiro atoms. The maximum absolute atomic E-state index is 13.6. The van der Waals surface area contributed by atoms with Crippen LogP contribution >= 0.6 is 0 Å². The third kappa shape index (κ3) is 3.33. The van der Waals surface area contributed by atoms with E-state index >= 15 is 0 Å². The quantitative estimate of drug-likeness (QED) is 0.443. The molecule has 2 amide bonds. The molecule has 6 rings (SSSR count). The molecular weight excluding hydrogens is 444 g/mol. The van der Waals surface area contributed by atoms with E-state index in [0.717, 1.165) is 28.1 Å². The van der Waals surface area contributed by atoms with Gasteiger partial charge in [0.05, 0.1) is 22.8 Å². The predicted molar refractivity (Wildman–Crippen MR) is 131 cm³/mol. The van der Waals surface area contributed by atoms with Crippen molar-refractivity contribution in [2.75, 3.05) is 17.2 Å². The first-order chi connectivity index (χ1) is 16.9. The topological polar surface area (TPSA) is 131 Å². The van der Waals surface area contributed by atoms with Crippen LogP contribution in [0.15, 0.2) is 53.5 Å². The number of rotatable bonds is 3. The summed E-state index contributed by atoms with van der Waals surface area (Å²) in [6.45, 7) is 4.07. The van der Waals surface area contributed by atoms with E-state index in [9.17, 15) is 9.59 Å². The molecule has 4 heterocycles. The number of nitrogens with zero attached hydrogens (tertiary/aromatic N) is 6. The van der Waals surface area contributed by atoms with Crippen LogP contribution in [0.25, 0.3) is 5.65 Å². The molecule has 0 fully saturated rings. The van der Waals surface area contributed by atoms with Gasteiger partial charge in [-0.3, -0.25) is 9.59 Å². The summed E-state index contributed by atoms with van der Waals surface area (Å²) in [5.74, 6) is -0.861. The second-order valence-corrected chi connectivity index (χ2v) is 8.73. The number of carbonyl (C=O) groups excluding carboxylic acids is 2. The number of hydrogen-bond donors (Lipinski definition) is 2. The highest BCUT2D eigenvalue weighted by Gasteiger charge is 2.38. The van der Waals surface area contributed by atoms with Gasteiger partial charge in [0.15, 0.2) is 11.3 Å². The summed E-state index contributed by atoms with van der Waals surface area (Å²) in [4.78, 5) is 33.4. The lowest BCUT2D eigenvalue weighted by molar-refractivity contribution is -0.120. The van der Waals surface area contributed by atoms with Crippen molar-refractivity contribution in [1.82, 2.24) is 25.1 Å². The Kier molecular flexibility index (Phi) is 4.63. The summed E-state index contributed by atoms with van der Waals surface area (Å²) in [5.41, 5.74) is 12.7. The van der Waals surface area contributed by atoms with Crippen LogP contribution in [0, 0.1) is 13.8 Å². The first-order valence-corrected chi connectivity index (χ1v) is 11.3. The van der Waals surface area contributed by atoms with Gasteiger partial charge in [0.25, 0.3) is 11.8 Å². The molecule has 0 radical (unpaired) electrons. The minimum atomic E-state index is -1.14. The second-order valence-electron chi connectivity index (χ2n) is 8.73. The van der Waals surface area contributed by atoms with Crippen LogP contribution in [0.2, 0.25) is 0 Å². The number of anilines is 2. The average Bonchev–Trinajstić information content (AvgIpc) is 3.42. The molecule has 0 aliphatic carbocycles. The fraction of sp³-hybridized carbons (Fsp3) is 0.200. The van der Waals surface area contributed by atoms with E-state index in [1.54, 1.807) is 22.4 Å². The smallest absolute Gasteiger partial charge is 0.275 e. The number of hydrogen-bond acceptors (Lipinski definition) is 7. The van der Waals surface area contributed by atoms with Crippen molar-refractivity contribution >= 4 is 34.5 Å². The standard InChI is InChI=1S/C25H22N8O2/c1-13-10-19-29-30-20(14(2)33(19)31-13)24(34)28-23-25(35)32-9-8-16-11-17(26)12-18(22(16)32)21(27-23)15-6-4-3-5-7-15/h3-7,10-12,23H,8-9,26H2,1-2H3,(H,28,34)/t23-/m0/s1. The number of benzene rings is 2. The highest BCUT2D eigenvalue weighted by Crippen LogP contribution is 2.38. The van der Waals surface area contributed by atoms with Crippen LogP contribution in [0.4, 0.5) is 11.4 Å². The van der Waals surface area contributed by atoms with E-state index < -0.39 is 12.1 Å². The molecule has 174 valence electrons. The predicted octanol–water partition coefficient (Wildman–Crippen LogP) is 1.82. The summed E-state index contributed by atoms with van der Waals surface area (Å²) in [7, 11) is 0. The van der Waals surface area contributed by atoms with Crippen LogP contribution in [0.5, 0.6) is 0 Å². The van der Waals surface area contributed by atoms with Crippen molar-refractivity contribution in [2.24, 2.45) is 4.99 Å². The van der Waals surface area contributed by atoms with Gasteiger partial charge < -0.3 is 16.0 Å². The second kappa shape index (κ2) is 7.73. The first-order valence-electron chi connectivity index (χ1n) is 11.3. The van der Waals surface area contributed by atoms with Crippen LogP contribution in [0.3, 0.4) is 0 Å². The third-order valence-electron chi connectivity index (χ3n) is 6.35. The lowest BCUT2D eigenvalue weighted by atomic mass is 9.97. The Labute approximate surface area is 200 Å². The van der Waals surface area contributed by atoms with Crippen LogP contribution in [-0.4, -0.2) is 50.0 Å². The molecule has 0 saturated carbocycles. The maximum Gasteiger partial charge on any atom is 0.275 e. The van der Waals surface area contributed by atoms with Crippen LogP contribution in [0.1, 0.15) is 38.6 Å². The fourth-order valence-corrected chi connectivity index (χ4v) is 4.78. The number of aromatic nitrogens is 4. The monoisotopic (exact) mass is 466 g/mol. The van der Waals surface area contributed by atoms with E-state index in [-0.39, 0.29) is 11.6 Å². The molecule has 1 atom stereocenters. The lowest BCUT2D eigenvalue weighted by Crippen LogP contribution is -2.47. The molecule has 2 aromatic heterocycles. The molecule has 2 aromatic carbocycles. The molecule has 0 bridgehead atoms. The molecule has 3 N–H and O–H groups in total. The van der Waals surface area contributed by atoms with Crippen molar-refractivity contribution in [1.29, 1.82) is 0 Å². The molecular formula is C25H22N8O2. The van der Waals surface area contributed by atoms with Gasteiger partial charge in [0.1, 0.15) is 0 Å². The van der Waals surface area contributed by atoms with Crippen molar-refractivity contribution < 1.29 is 9.59 Å². The zero-order valence-electron chi connectivity index (χ0n) is 19.2. The Morgan fingerprint density at radius 2 is 1.91 bits per heavy atom. The number of fused-ring (bicyclic) bond motifs is 1. The summed E-state index contributed by atoms with van der Waals surface area (Å²) >= 11 is 0. The number of nitrogens with one attached hydrogen (secondary N) is 1. The number of nitrogens with two attached hydrogens (primary N) is 1. The van der Waals surface area contributed by atoms with E-state index in [1.807, 2.05) is 49.4 Å². The minimum absolute atomic E-state index is 0.0815. The lowest BCUT2D eigenvalue weighted by Gasteiger charge is -2.21. The largest absolute Gasteiger partial charge is 0.399 e. The van der Waals surface area contributed by atoms with Gasteiger partial charge in [-0.05, 0) is 38.0 Å². The van der Waals surface area contributed by atoms with Gasteiger partial charge in [-0.2, -0.15) is 5.10 Å². The van der Waals surface area contributed by atoms with Crippen LogP contribution in [-0.2, 0) is 11.2 Å². The summed E-state index contributed by atoms with van der Waals surface area (Å²) < 4.78 is 1.57. The Morgan fingerprint density at radius 1 is 1.11 bits per heavy atom. The SMILES string of the molecule is Cc1cc2nnc(C(=O)N[C@@H]3N=C(c4ccccc4)c4cc(N)cc5c4N(CC5)C3=O)c(C)n2n1. The van der Waals surface area contributed by atoms with Crippen LogP contribution < -0.4 is 16.0 Å². The van der Waals surface area contributed by atoms with Gasteiger partial charge in [-0.25, -0.2) is 9.51 Å². The molecule has 0 saturated heterocycles. The van der Waals surface area contributed by atoms with E-state index in [0.29, 0.717) is 35.7 Å². The summed E-state index contributed by atoms with van der Waals surface area (Å²) in [5, 5.41) is 15.4. The Bertz CT molecular complexity index is 1560. The van der Waals surface area contributed by atoms with Crippen molar-refractivity contribution in [2.45, 2.75) is 26.4 Å². The summed E-state index contributed by atoms with van der Waals surface area (Å²) in [6.07, 6.45) is -0.463. The van der Waals surface area contributed by atoms with Gasteiger partial charge in [-0.1, -0.05) is 30.3 Å².